The summed E-state index contributed by atoms with van der Waals surface area (Å²) in [6, 6.07) is 7.20. The maximum atomic E-state index is 11.5. The highest BCUT2D eigenvalue weighted by Gasteiger charge is 2.14. The van der Waals surface area contributed by atoms with Crippen LogP contribution in [-0.4, -0.2) is 46.2 Å². The second-order valence-corrected chi connectivity index (χ2v) is 4.69. The lowest BCUT2D eigenvalue weighted by Crippen LogP contribution is -2.24. The second kappa shape index (κ2) is 8.51. The summed E-state index contributed by atoms with van der Waals surface area (Å²) in [6.45, 7) is 2.51. The molecule has 0 radical (unpaired) electrons. The summed E-state index contributed by atoms with van der Waals surface area (Å²) in [5, 5.41) is 17.8. The van der Waals surface area contributed by atoms with Crippen molar-refractivity contribution in [3.05, 3.63) is 35.7 Å². The topological polar surface area (TPSA) is 116 Å². The van der Waals surface area contributed by atoms with E-state index in [-0.39, 0.29) is 18.2 Å². The molecule has 2 rings (SSSR count). The molecular weight excluding hydrogens is 314 g/mol. The molecule has 24 heavy (non-hydrogen) atoms. The third-order valence-electron chi connectivity index (χ3n) is 2.97. The number of esters is 1. The number of carbonyl (C=O) groups excluding carboxylic acids is 2. The number of methoxy groups -OCH3 is 1. The minimum Gasteiger partial charge on any atom is -0.463 e. The monoisotopic (exact) mass is 331 g/mol. The molecule has 0 aliphatic rings. The molecular formula is C15H17N5O4. The van der Waals surface area contributed by atoms with Crippen LogP contribution in [0.25, 0.3) is 11.4 Å². The van der Waals surface area contributed by atoms with Crippen molar-refractivity contribution in [3.8, 4) is 11.4 Å². The molecule has 0 atom stereocenters. The molecule has 1 heterocycles. The predicted molar refractivity (Wildman–Crippen MR) is 82.9 cm³/mol. The van der Waals surface area contributed by atoms with E-state index >= 15 is 0 Å². The minimum absolute atomic E-state index is 0.222. The van der Waals surface area contributed by atoms with Gasteiger partial charge in [-0.15, -0.1) is 20.4 Å². The van der Waals surface area contributed by atoms with Crippen molar-refractivity contribution in [1.82, 2.24) is 25.7 Å². The predicted octanol–water partition coefficient (Wildman–Crippen LogP) is 1.36. The number of nitrogens with zero attached hydrogens (tertiary/aromatic N) is 4. The van der Waals surface area contributed by atoms with Crippen molar-refractivity contribution >= 4 is 12.1 Å². The zero-order chi connectivity index (χ0) is 17.4. The fourth-order valence-electron chi connectivity index (χ4n) is 1.82. The summed E-state index contributed by atoms with van der Waals surface area (Å²) >= 11 is 0. The van der Waals surface area contributed by atoms with E-state index in [1.54, 1.807) is 12.1 Å². The second-order valence-electron chi connectivity index (χ2n) is 4.69. The third-order valence-corrected chi connectivity index (χ3v) is 2.97. The number of amides is 1. The zero-order valence-electron chi connectivity index (χ0n) is 13.4. The average Bonchev–Trinajstić information content (AvgIpc) is 2.64. The Labute approximate surface area is 138 Å². The molecule has 1 aromatic carbocycles. The van der Waals surface area contributed by atoms with Gasteiger partial charge in [0.15, 0.2) is 0 Å². The lowest BCUT2D eigenvalue weighted by molar-refractivity contribution is 0.0583. The van der Waals surface area contributed by atoms with Gasteiger partial charge in [0.25, 0.3) is 5.82 Å². The zero-order valence-corrected chi connectivity index (χ0v) is 13.4. The van der Waals surface area contributed by atoms with Crippen molar-refractivity contribution in [3.63, 3.8) is 0 Å². The Bertz CT molecular complexity index is 705. The lowest BCUT2D eigenvalue weighted by Gasteiger charge is -2.09. The fraction of sp³-hybridized carbons (Fsp3) is 0.333. The number of ether oxygens (including phenoxy) is 2. The Morgan fingerprint density at radius 3 is 2.50 bits per heavy atom. The molecule has 1 N–H and O–H groups in total. The highest BCUT2D eigenvalue weighted by molar-refractivity contribution is 5.84. The van der Waals surface area contributed by atoms with Crippen LogP contribution in [0.15, 0.2) is 24.3 Å². The van der Waals surface area contributed by atoms with Crippen molar-refractivity contribution in [2.24, 2.45) is 0 Å². The van der Waals surface area contributed by atoms with Gasteiger partial charge in [0.1, 0.15) is 0 Å². The molecule has 2 aromatic rings. The summed E-state index contributed by atoms with van der Waals surface area (Å²) in [5.41, 5.74) is 1.41. The molecule has 9 nitrogen and oxygen atoms in total. The average molecular weight is 331 g/mol. The number of aromatic nitrogens is 4. The maximum Gasteiger partial charge on any atom is 0.407 e. The highest BCUT2D eigenvalue weighted by atomic mass is 16.5. The lowest BCUT2D eigenvalue weighted by atomic mass is 10.1. The van der Waals surface area contributed by atoms with Crippen molar-refractivity contribution in [2.75, 3.05) is 13.7 Å². The standard InChI is InChI=1S/C15H17N5O4/c1-3-8-24-15(22)16-9-10-6-4-5-7-11(10)12-17-19-13(20-18-12)14(21)23-2/h4-7H,3,8-9H2,1-2H3,(H,16,22). The number of rotatable bonds is 6. The van der Waals surface area contributed by atoms with Crippen LogP contribution < -0.4 is 5.32 Å². The molecule has 0 saturated heterocycles. The third kappa shape index (κ3) is 4.45. The van der Waals surface area contributed by atoms with Crippen molar-refractivity contribution in [2.45, 2.75) is 19.9 Å². The summed E-state index contributed by atoms with van der Waals surface area (Å²) in [7, 11) is 1.22. The first-order valence-corrected chi connectivity index (χ1v) is 7.30. The van der Waals surface area contributed by atoms with Gasteiger partial charge in [-0.05, 0) is 12.0 Å². The highest BCUT2D eigenvalue weighted by Crippen LogP contribution is 2.18. The largest absolute Gasteiger partial charge is 0.463 e. The van der Waals surface area contributed by atoms with Gasteiger partial charge in [-0.3, -0.25) is 0 Å². The van der Waals surface area contributed by atoms with E-state index in [9.17, 15) is 9.59 Å². The van der Waals surface area contributed by atoms with Crippen LogP contribution in [0.1, 0.15) is 29.5 Å². The SMILES string of the molecule is CCCOC(=O)NCc1ccccc1-c1nnc(C(=O)OC)nn1. The van der Waals surface area contributed by atoms with Crippen LogP contribution in [0.5, 0.6) is 0 Å². The van der Waals surface area contributed by atoms with E-state index in [2.05, 4.69) is 30.4 Å². The first-order valence-electron chi connectivity index (χ1n) is 7.30. The quantitative estimate of drug-likeness (QED) is 0.789. The Morgan fingerprint density at radius 2 is 1.83 bits per heavy atom. The Hall–Kier alpha value is -3.10. The first kappa shape index (κ1) is 17.3. The number of benzene rings is 1. The van der Waals surface area contributed by atoms with E-state index in [4.69, 9.17) is 4.74 Å². The summed E-state index contributed by atoms with van der Waals surface area (Å²) in [5.74, 6) is -0.697. The smallest absolute Gasteiger partial charge is 0.407 e. The molecule has 126 valence electrons. The summed E-state index contributed by atoms with van der Waals surface area (Å²) in [4.78, 5) is 22.8. The Morgan fingerprint density at radius 1 is 1.12 bits per heavy atom. The molecule has 1 amide bonds. The number of nitrogens with one attached hydrogen (secondary N) is 1. The molecule has 0 aliphatic carbocycles. The van der Waals surface area contributed by atoms with Gasteiger partial charge in [-0.1, -0.05) is 31.2 Å². The first-order chi connectivity index (χ1) is 11.7. The van der Waals surface area contributed by atoms with Crippen molar-refractivity contribution < 1.29 is 19.1 Å². The van der Waals surface area contributed by atoms with Crippen LogP contribution in [0.3, 0.4) is 0 Å². The van der Waals surface area contributed by atoms with Gasteiger partial charge in [-0.25, -0.2) is 9.59 Å². The van der Waals surface area contributed by atoms with Crippen LogP contribution in [-0.2, 0) is 16.0 Å². The Kier molecular flexibility index (Phi) is 6.12. The van der Waals surface area contributed by atoms with Crippen molar-refractivity contribution in [1.29, 1.82) is 0 Å². The fourth-order valence-corrected chi connectivity index (χ4v) is 1.82. The van der Waals surface area contributed by atoms with Crippen LogP contribution in [0.2, 0.25) is 0 Å². The molecule has 9 heteroatoms. The van der Waals surface area contributed by atoms with Gasteiger partial charge in [0, 0.05) is 12.1 Å². The molecule has 0 fully saturated rings. The van der Waals surface area contributed by atoms with E-state index < -0.39 is 12.1 Å². The van der Waals surface area contributed by atoms with E-state index in [0.717, 1.165) is 12.0 Å². The van der Waals surface area contributed by atoms with E-state index in [0.29, 0.717) is 12.2 Å². The molecule has 0 spiro atoms. The summed E-state index contributed by atoms with van der Waals surface area (Å²) < 4.78 is 9.45. The van der Waals surface area contributed by atoms with Crippen LogP contribution in [0.4, 0.5) is 4.79 Å². The van der Waals surface area contributed by atoms with Gasteiger partial charge in [0.05, 0.1) is 13.7 Å². The van der Waals surface area contributed by atoms with E-state index in [1.807, 2.05) is 19.1 Å². The van der Waals surface area contributed by atoms with Gasteiger partial charge >= 0.3 is 12.1 Å². The normalized spacial score (nSPS) is 10.1. The summed E-state index contributed by atoms with van der Waals surface area (Å²) in [6.07, 6.45) is 0.256. The van der Waals surface area contributed by atoms with Crippen LogP contribution in [0, 0.1) is 0 Å². The Balaban J connectivity index is 2.13. The molecule has 0 saturated carbocycles. The minimum atomic E-state index is -0.713. The molecule has 0 unspecified atom stereocenters. The van der Waals surface area contributed by atoms with E-state index in [1.165, 1.54) is 7.11 Å². The molecule has 1 aromatic heterocycles. The van der Waals surface area contributed by atoms with Gasteiger partial charge in [-0.2, -0.15) is 0 Å². The molecule has 0 aliphatic heterocycles. The van der Waals surface area contributed by atoms with Crippen LogP contribution >= 0.6 is 0 Å². The van der Waals surface area contributed by atoms with Gasteiger partial charge in [0.2, 0.25) is 5.82 Å². The number of carbonyl (C=O) groups is 2. The number of hydrogen-bond acceptors (Lipinski definition) is 8. The molecule has 0 bridgehead atoms. The maximum absolute atomic E-state index is 11.5. The number of hydrogen-bond donors (Lipinski definition) is 1. The van der Waals surface area contributed by atoms with Gasteiger partial charge < -0.3 is 14.8 Å². The number of alkyl carbamates (subject to hydrolysis) is 1.